The smallest absolute Gasteiger partial charge is 0.416 e. The van der Waals surface area contributed by atoms with Gasteiger partial charge in [0, 0.05) is 12.0 Å². The molecule has 1 heterocycles. The van der Waals surface area contributed by atoms with Crippen LogP contribution in [0.1, 0.15) is 71.9 Å². The number of fused-ring (bicyclic) bond motifs is 1. The SMILES string of the molecule is CCOC(=O)N1c2cc(C)c(C)cc2[C@@H](C(C#N)c2cc(C(F)(F)F)cc(C(F)(F)F)c2)C[C@@H]1CC. The predicted molar refractivity (Wildman–Crippen MR) is 122 cm³/mol. The fraction of sp³-hybridized carbons (Fsp3) is 0.462. The van der Waals surface area contributed by atoms with Crippen molar-refractivity contribution in [2.75, 3.05) is 11.5 Å². The number of rotatable bonds is 4. The monoisotopic (exact) mass is 512 g/mol. The van der Waals surface area contributed by atoms with Crippen LogP contribution < -0.4 is 4.90 Å². The number of benzene rings is 2. The molecule has 0 N–H and O–H groups in total. The van der Waals surface area contributed by atoms with Gasteiger partial charge in [-0.2, -0.15) is 31.6 Å². The van der Waals surface area contributed by atoms with E-state index in [2.05, 4.69) is 0 Å². The van der Waals surface area contributed by atoms with Gasteiger partial charge in [-0.3, -0.25) is 4.90 Å². The van der Waals surface area contributed by atoms with E-state index in [-0.39, 0.29) is 24.7 Å². The first kappa shape index (κ1) is 27.4. The Morgan fingerprint density at radius 3 is 2.06 bits per heavy atom. The number of carbonyl (C=O) groups is 1. The average molecular weight is 512 g/mol. The van der Waals surface area contributed by atoms with E-state index >= 15 is 0 Å². The summed E-state index contributed by atoms with van der Waals surface area (Å²) in [6.07, 6.45) is -10.0. The number of nitriles is 1. The molecule has 0 saturated heterocycles. The Balaban J connectivity index is 2.24. The van der Waals surface area contributed by atoms with Gasteiger partial charge in [0.15, 0.2) is 0 Å². The van der Waals surface area contributed by atoms with Crippen LogP contribution in [0, 0.1) is 25.2 Å². The van der Waals surface area contributed by atoms with Gasteiger partial charge in [-0.1, -0.05) is 13.0 Å². The first-order chi connectivity index (χ1) is 16.7. The molecule has 36 heavy (non-hydrogen) atoms. The van der Waals surface area contributed by atoms with Crippen LogP contribution in [0.5, 0.6) is 0 Å². The molecule has 4 nitrogen and oxygen atoms in total. The Hall–Kier alpha value is -3.22. The summed E-state index contributed by atoms with van der Waals surface area (Å²) < 4.78 is 86.2. The lowest BCUT2D eigenvalue weighted by atomic mass is 9.73. The minimum absolute atomic E-state index is 0.0532. The van der Waals surface area contributed by atoms with Crippen LogP contribution >= 0.6 is 0 Å². The molecule has 1 aliphatic heterocycles. The quantitative estimate of drug-likeness (QED) is 0.392. The number of anilines is 1. The molecule has 1 unspecified atom stereocenters. The fourth-order valence-corrected chi connectivity index (χ4v) is 4.71. The molecule has 0 saturated carbocycles. The highest BCUT2D eigenvalue weighted by molar-refractivity contribution is 5.90. The Morgan fingerprint density at radius 1 is 1.03 bits per heavy atom. The van der Waals surface area contributed by atoms with E-state index in [1.807, 2.05) is 19.9 Å². The molecule has 0 aromatic heterocycles. The molecule has 0 spiro atoms. The van der Waals surface area contributed by atoms with Gasteiger partial charge >= 0.3 is 18.4 Å². The standard InChI is InChI=1S/C26H26F6N2O2/c1-5-19-12-20(21-7-14(3)15(4)8-23(21)34(19)24(35)36-6-2)22(13-33)16-9-17(25(27,28)29)11-18(10-16)26(30,31)32/h7-11,19-20,22H,5-6,12H2,1-4H3/t19-,20-,22?/m0/s1. The molecule has 1 aliphatic rings. The summed E-state index contributed by atoms with van der Waals surface area (Å²) in [6.45, 7) is 7.23. The number of halogens is 6. The van der Waals surface area contributed by atoms with Gasteiger partial charge < -0.3 is 4.74 Å². The van der Waals surface area contributed by atoms with Gasteiger partial charge in [0.1, 0.15) is 0 Å². The normalized spacial score (nSPS) is 18.9. The van der Waals surface area contributed by atoms with Gasteiger partial charge in [-0.05, 0) is 80.1 Å². The minimum Gasteiger partial charge on any atom is -0.449 e. The Kier molecular flexibility index (Phi) is 7.63. The summed E-state index contributed by atoms with van der Waals surface area (Å²) in [5.74, 6) is -2.06. The maximum atomic E-state index is 13.5. The van der Waals surface area contributed by atoms with Crippen molar-refractivity contribution in [3.05, 3.63) is 63.7 Å². The molecule has 194 valence electrons. The number of hydrogen-bond donors (Lipinski definition) is 0. The van der Waals surface area contributed by atoms with Crippen LogP contribution in [0.3, 0.4) is 0 Å². The van der Waals surface area contributed by atoms with Crippen LogP contribution in [0.25, 0.3) is 0 Å². The van der Waals surface area contributed by atoms with Gasteiger partial charge in [0.25, 0.3) is 0 Å². The van der Waals surface area contributed by atoms with Crippen LogP contribution in [-0.4, -0.2) is 18.7 Å². The van der Waals surface area contributed by atoms with Crippen LogP contribution in [-0.2, 0) is 17.1 Å². The molecule has 0 bridgehead atoms. The molecule has 3 atom stereocenters. The number of carbonyl (C=O) groups excluding carboxylic acids is 1. The molecule has 10 heteroatoms. The van der Waals surface area contributed by atoms with E-state index < -0.39 is 47.5 Å². The number of ether oxygens (including phenoxy) is 1. The summed E-state index contributed by atoms with van der Waals surface area (Å²) in [6, 6.07) is 6.27. The third kappa shape index (κ3) is 5.30. The molecule has 0 fully saturated rings. The average Bonchev–Trinajstić information content (AvgIpc) is 2.79. The van der Waals surface area contributed by atoms with Crippen molar-refractivity contribution >= 4 is 11.8 Å². The highest BCUT2D eigenvalue weighted by atomic mass is 19.4. The van der Waals surface area contributed by atoms with Crippen molar-refractivity contribution in [2.24, 2.45) is 0 Å². The lowest BCUT2D eigenvalue weighted by Gasteiger charge is -2.42. The maximum Gasteiger partial charge on any atom is 0.416 e. The van der Waals surface area contributed by atoms with Crippen molar-refractivity contribution in [2.45, 2.75) is 70.8 Å². The van der Waals surface area contributed by atoms with Gasteiger partial charge in [0.2, 0.25) is 0 Å². The van der Waals surface area contributed by atoms with E-state index in [0.717, 1.165) is 11.1 Å². The number of aryl methyl sites for hydroxylation is 2. The number of hydrogen-bond acceptors (Lipinski definition) is 3. The fourth-order valence-electron chi connectivity index (χ4n) is 4.71. The highest BCUT2D eigenvalue weighted by Gasteiger charge is 2.42. The van der Waals surface area contributed by atoms with Crippen molar-refractivity contribution in [3.63, 3.8) is 0 Å². The molecule has 2 aromatic rings. The molecule has 2 aromatic carbocycles. The predicted octanol–water partition coefficient (Wildman–Crippen LogP) is 7.88. The Bertz CT molecular complexity index is 1150. The van der Waals surface area contributed by atoms with Gasteiger partial charge in [-0.25, -0.2) is 4.79 Å². The molecular weight excluding hydrogens is 486 g/mol. The maximum absolute atomic E-state index is 13.5. The van der Waals surface area contributed by atoms with Crippen molar-refractivity contribution in [1.82, 2.24) is 0 Å². The first-order valence-electron chi connectivity index (χ1n) is 11.5. The summed E-state index contributed by atoms with van der Waals surface area (Å²) in [5, 5.41) is 10.1. The van der Waals surface area contributed by atoms with Crippen LogP contribution in [0.2, 0.25) is 0 Å². The topological polar surface area (TPSA) is 53.3 Å². The molecule has 0 radical (unpaired) electrons. The number of amides is 1. The lowest BCUT2D eigenvalue weighted by Crippen LogP contribution is -2.45. The highest BCUT2D eigenvalue weighted by Crippen LogP contribution is 2.48. The molecule has 1 amide bonds. The third-order valence-electron chi connectivity index (χ3n) is 6.64. The number of alkyl halides is 6. The van der Waals surface area contributed by atoms with Crippen LogP contribution in [0.15, 0.2) is 30.3 Å². The van der Waals surface area contributed by atoms with E-state index in [4.69, 9.17) is 4.74 Å². The minimum atomic E-state index is -5.03. The van der Waals surface area contributed by atoms with E-state index in [0.29, 0.717) is 29.8 Å². The first-order valence-corrected chi connectivity index (χ1v) is 11.5. The van der Waals surface area contributed by atoms with E-state index in [1.54, 1.807) is 26.0 Å². The zero-order chi connectivity index (χ0) is 27.0. The Morgan fingerprint density at radius 2 is 1.58 bits per heavy atom. The zero-order valence-corrected chi connectivity index (χ0v) is 20.2. The summed E-state index contributed by atoms with van der Waals surface area (Å²) in [5.41, 5.74) is -0.697. The number of nitrogens with zero attached hydrogens (tertiary/aromatic N) is 2. The summed E-state index contributed by atoms with van der Waals surface area (Å²) in [7, 11) is 0. The van der Waals surface area contributed by atoms with Crippen molar-refractivity contribution < 1.29 is 35.9 Å². The van der Waals surface area contributed by atoms with E-state index in [9.17, 15) is 36.4 Å². The van der Waals surface area contributed by atoms with E-state index in [1.165, 1.54) is 4.90 Å². The van der Waals surface area contributed by atoms with Crippen molar-refractivity contribution in [3.8, 4) is 6.07 Å². The zero-order valence-electron chi connectivity index (χ0n) is 20.2. The largest absolute Gasteiger partial charge is 0.449 e. The second-order valence-corrected chi connectivity index (χ2v) is 8.91. The lowest BCUT2D eigenvalue weighted by molar-refractivity contribution is -0.143. The second-order valence-electron chi connectivity index (χ2n) is 8.91. The molecule has 3 rings (SSSR count). The Labute approximate surface area is 205 Å². The summed E-state index contributed by atoms with van der Waals surface area (Å²) >= 11 is 0. The molecule has 0 aliphatic carbocycles. The van der Waals surface area contributed by atoms with Gasteiger partial charge in [0.05, 0.1) is 35.4 Å². The van der Waals surface area contributed by atoms with Crippen molar-refractivity contribution in [1.29, 1.82) is 5.26 Å². The second kappa shape index (κ2) is 10.0. The summed E-state index contributed by atoms with van der Waals surface area (Å²) in [4.78, 5) is 14.3. The van der Waals surface area contributed by atoms with Crippen LogP contribution in [0.4, 0.5) is 36.8 Å². The van der Waals surface area contributed by atoms with Gasteiger partial charge in [-0.15, -0.1) is 0 Å². The molecular formula is C26H26F6N2O2. The third-order valence-corrected chi connectivity index (χ3v) is 6.64.